The van der Waals surface area contributed by atoms with Crippen LogP contribution in [-0.4, -0.2) is 103 Å². The van der Waals surface area contributed by atoms with Crippen LogP contribution in [0.3, 0.4) is 0 Å². The van der Waals surface area contributed by atoms with Crippen molar-refractivity contribution >= 4 is 17.8 Å². The molecule has 11 heteroatoms. The SMILES string of the molecule is Cc1cc(C)cc(C(=O)N(CCC(=O)N2CCNCC2)CCN2CCCCC2)c1.O=C(O)C(F)(F)F. The molecule has 3 rings (SSSR count). The van der Waals surface area contributed by atoms with Crippen LogP contribution in [-0.2, 0) is 9.59 Å². The molecule has 0 aromatic heterocycles. The monoisotopic (exact) mass is 514 g/mol. The number of piperazine rings is 1. The molecule has 2 heterocycles. The topological polar surface area (TPSA) is 93.2 Å². The van der Waals surface area contributed by atoms with Crippen molar-refractivity contribution in [1.29, 1.82) is 0 Å². The first-order valence-corrected chi connectivity index (χ1v) is 12.4. The summed E-state index contributed by atoms with van der Waals surface area (Å²) in [5, 5.41) is 10.4. The van der Waals surface area contributed by atoms with Gasteiger partial charge in [0.2, 0.25) is 5.91 Å². The van der Waals surface area contributed by atoms with E-state index in [1.165, 1.54) is 19.3 Å². The van der Waals surface area contributed by atoms with Gasteiger partial charge in [0.1, 0.15) is 0 Å². The third kappa shape index (κ3) is 10.1. The molecule has 2 aliphatic rings. The molecular weight excluding hydrogens is 477 g/mol. The maximum absolute atomic E-state index is 13.3. The number of nitrogens with one attached hydrogen (secondary N) is 1. The van der Waals surface area contributed by atoms with Gasteiger partial charge in [0.25, 0.3) is 5.91 Å². The number of aryl methyl sites for hydroxylation is 2. The Labute approximate surface area is 210 Å². The van der Waals surface area contributed by atoms with E-state index >= 15 is 0 Å². The zero-order chi connectivity index (χ0) is 26.7. The van der Waals surface area contributed by atoms with E-state index in [0.717, 1.165) is 62.5 Å². The normalized spacial score (nSPS) is 16.6. The van der Waals surface area contributed by atoms with Crippen LogP contribution >= 0.6 is 0 Å². The van der Waals surface area contributed by atoms with Gasteiger partial charge in [0, 0.05) is 57.8 Å². The molecule has 8 nitrogen and oxygen atoms in total. The minimum atomic E-state index is -5.08. The van der Waals surface area contributed by atoms with Gasteiger partial charge in [-0.1, -0.05) is 23.6 Å². The fraction of sp³-hybridized carbons (Fsp3) is 0.640. The Kier molecular flexibility index (Phi) is 11.6. The molecule has 0 spiro atoms. The van der Waals surface area contributed by atoms with E-state index < -0.39 is 12.1 Å². The minimum absolute atomic E-state index is 0.0434. The predicted octanol–water partition coefficient (Wildman–Crippen LogP) is 2.69. The van der Waals surface area contributed by atoms with Gasteiger partial charge in [-0.15, -0.1) is 0 Å². The molecule has 2 saturated heterocycles. The van der Waals surface area contributed by atoms with E-state index in [-0.39, 0.29) is 11.8 Å². The number of amides is 2. The van der Waals surface area contributed by atoms with Crippen molar-refractivity contribution in [3.05, 3.63) is 34.9 Å². The fourth-order valence-corrected chi connectivity index (χ4v) is 4.34. The van der Waals surface area contributed by atoms with Gasteiger partial charge in [0.05, 0.1) is 0 Å². The fourth-order valence-electron chi connectivity index (χ4n) is 4.34. The number of likely N-dealkylation sites (tertiary alicyclic amines) is 1. The Morgan fingerprint density at radius 2 is 1.50 bits per heavy atom. The molecule has 0 aliphatic carbocycles. The molecule has 2 aliphatic heterocycles. The first-order chi connectivity index (χ1) is 17.0. The Bertz CT molecular complexity index is 862. The number of carbonyl (C=O) groups excluding carboxylic acids is 2. The van der Waals surface area contributed by atoms with Gasteiger partial charge in [-0.05, 0) is 51.9 Å². The lowest BCUT2D eigenvalue weighted by Crippen LogP contribution is -2.47. The number of alkyl halides is 3. The van der Waals surface area contributed by atoms with Crippen LogP contribution < -0.4 is 5.32 Å². The number of nitrogens with zero attached hydrogens (tertiary/aromatic N) is 3. The third-order valence-corrected chi connectivity index (χ3v) is 6.20. The highest BCUT2D eigenvalue weighted by atomic mass is 19.4. The number of aliphatic carboxylic acids is 1. The van der Waals surface area contributed by atoms with E-state index in [2.05, 4.69) is 16.3 Å². The highest BCUT2D eigenvalue weighted by molar-refractivity contribution is 5.95. The number of hydrogen-bond acceptors (Lipinski definition) is 5. The van der Waals surface area contributed by atoms with Gasteiger partial charge in [-0.3, -0.25) is 9.59 Å². The molecule has 202 valence electrons. The first kappa shape index (κ1) is 29.6. The van der Waals surface area contributed by atoms with E-state index in [1.807, 2.05) is 35.8 Å². The molecule has 2 fully saturated rings. The molecule has 1 aromatic rings. The van der Waals surface area contributed by atoms with Crippen LogP contribution in [0.4, 0.5) is 13.2 Å². The second-order valence-corrected chi connectivity index (χ2v) is 9.25. The number of carboxylic acids is 1. The van der Waals surface area contributed by atoms with Gasteiger partial charge < -0.3 is 25.1 Å². The summed E-state index contributed by atoms with van der Waals surface area (Å²) in [6.45, 7) is 11.6. The smallest absolute Gasteiger partial charge is 0.475 e. The van der Waals surface area contributed by atoms with Crippen LogP contribution in [0.15, 0.2) is 18.2 Å². The number of benzene rings is 1. The summed E-state index contributed by atoms with van der Waals surface area (Å²) in [6, 6.07) is 6.01. The second-order valence-electron chi connectivity index (χ2n) is 9.25. The van der Waals surface area contributed by atoms with Crippen molar-refractivity contribution in [1.82, 2.24) is 20.0 Å². The first-order valence-electron chi connectivity index (χ1n) is 12.4. The second kappa shape index (κ2) is 14.2. The van der Waals surface area contributed by atoms with Crippen LogP contribution in [0, 0.1) is 13.8 Å². The largest absolute Gasteiger partial charge is 0.490 e. The molecule has 0 bridgehead atoms. The Morgan fingerprint density at radius 3 is 2.03 bits per heavy atom. The predicted molar refractivity (Wildman–Crippen MR) is 130 cm³/mol. The Hall–Kier alpha value is -2.66. The van der Waals surface area contributed by atoms with Gasteiger partial charge in [-0.2, -0.15) is 13.2 Å². The quantitative estimate of drug-likeness (QED) is 0.581. The molecule has 0 atom stereocenters. The maximum atomic E-state index is 13.3. The lowest BCUT2D eigenvalue weighted by atomic mass is 10.1. The maximum Gasteiger partial charge on any atom is 0.490 e. The third-order valence-electron chi connectivity index (χ3n) is 6.20. The highest BCUT2D eigenvalue weighted by Crippen LogP contribution is 2.14. The Morgan fingerprint density at radius 1 is 0.944 bits per heavy atom. The molecule has 0 unspecified atom stereocenters. The molecule has 1 aromatic carbocycles. The molecule has 36 heavy (non-hydrogen) atoms. The van der Waals surface area contributed by atoms with Crippen LogP contribution in [0.5, 0.6) is 0 Å². The number of piperidine rings is 1. The van der Waals surface area contributed by atoms with Crippen LogP contribution in [0.25, 0.3) is 0 Å². The number of carbonyl (C=O) groups is 3. The van der Waals surface area contributed by atoms with Crippen LogP contribution in [0.1, 0.15) is 47.2 Å². The average molecular weight is 515 g/mol. The molecular formula is C25H37F3N4O4. The summed E-state index contributed by atoms with van der Waals surface area (Å²) in [7, 11) is 0. The summed E-state index contributed by atoms with van der Waals surface area (Å²) in [5.74, 6) is -2.56. The number of rotatable bonds is 7. The zero-order valence-electron chi connectivity index (χ0n) is 21.1. The number of halogens is 3. The number of carboxylic acid groups (broad SMARTS) is 1. The molecule has 0 saturated carbocycles. The molecule has 2 N–H and O–H groups in total. The van der Waals surface area contributed by atoms with Crippen molar-refractivity contribution in [2.45, 2.75) is 45.7 Å². The molecule has 0 radical (unpaired) electrons. The van der Waals surface area contributed by atoms with Gasteiger partial charge in [0.15, 0.2) is 0 Å². The van der Waals surface area contributed by atoms with Gasteiger partial charge >= 0.3 is 12.1 Å². The van der Waals surface area contributed by atoms with Crippen molar-refractivity contribution < 1.29 is 32.7 Å². The Balaban J connectivity index is 0.000000572. The lowest BCUT2D eigenvalue weighted by Gasteiger charge is -2.31. The standard InChI is InChI=1S/C23H36N4O2.C2HF3O2/c1-19-16-20(2)18-21(17-19)23(29)27(15-14-25-9-4-3-5-10-25)11-6-22(28)26-12-7-24-8-13-26;3-2(4,5)1(6)7/h16-18,24H,3-15H2,1-2H3;(H,6,7). The minimum Gasteiger partial charge on any atom is -0.475 e. The summed E-state index contributed by atoms with van der Waals surface area (Å²) in [6.07, 6.45) is -0.892. The summed E-state index contributed by atoms with van der Waals surface area (Å²) in [5.41, 5.74) is 2.93. The average Bonchev–Trinajstić information content (AvgIpc) is 2.84. The van der Waals surface area contributed by atoms with Crippen molar-refractivity contribution in [3.63, 3.8) is 0 Å². The van der Waals surface area contributed by atoms with E-state index in [1.54, 1.807) is 0 Å². The zero-order valence-corrected chi connectivity index (χ0v) is 21.1. The summed E-state index contributed by atoms with van der Waals surface area (Å²) < 4.78 is 31.7. The van der Waals surface area contributed by atoms with Gasteiger partial charge in [-0.25, -0.2) is 4.79 Å². The van der Waals surface area contributed by atoms with E-state index in [0.29, 0.717) is 19.5 Å². The highest BCUT2D eigenvalue weighted by Gasteiger charge is 2.38. The van der Waals surface area contributed by atoms with Crippen molar-refractivity contribution in [2.24, 2.45) is 0 Å². The van der Waals surface area contributed by atoms with Crippen molar-refractivity contribution in [2.75, 3.05) is 58.9 Å². The lowest BCUT2D eigenvalue weighted by molar-refractivity contribution is -0.192. The summed E-state index contributed by atoms with van der Waals surface area (Å²) >= 11 is 0. The van der Waals surface area contributed by atoms with Crippen LogP contribution in [0.2, 0.25) is 0 Å². The van der Waals surface area contributed by atoms with E-state index in [4.69, 9.17) is 9.90 Å². The summed E-state index contributed by atoms with van der Waals surface area (Å²) in [4.78, 5) is 41.1. The molecule has 2 amide bonds. The van der Waals surface area contributed by atoms with Crippen molar-refractivity contribution in [3.8, 4) is 0 Å². The number of hydrogen-bond donors (Lipinski definition) is 2. The van der Waals surface area contributed by atoms with E-state index in [9.17, 15) is 22.8 Å².